The van der Waals surface area contributed by atoms with Crippen LogP contribution < -0.4 is 10.5 Å². The molecule has 0 heterocycles. The number of hydrogen-bond donors (Lipinski definition) is 1. The van der Waals surface area contributed by atoms with E-state index in [0.717, 1.165) is 16.9 Å². The summed E-state index contributed by atoms with van der Waals surface area (Å²) in [7, 11) is 1.60. The van der Waals surface area contributed by atoms with Gasteiger partial charge >= 0.3 is 0 Å². The second-order valence-corrected chi connectivity index (χ2v) is 5.94. The first-order valence-electron chi connectivity index (χ1n) is 6.36. The zero-order chi connectivity index (χ0) is 15.8. The number of rotatable bonds is 3. The fraction of sp³-hybridized carbons (Fsp3) is 0.250. The van der Waals surface area contributed by atoms with Crippen molar-refractivity contribution in [3.05, 3.63) is 62.9 Å². The van der Waals surface area contributed by atoms with Gasteiger partial charge in [0.2, 0.25) is 0 Å². The molecule has 0 saturated heterocycles. The van der Waals surface area contributed by atoms with E-state index in [9.17, 15) is 4.39 Å². The number of ether oxygens (including phenoxy) is 1. The van der Waals surface area contributed by atoms with E-state index in [1.54, 1.807) is 14.0 Å². The van der Waals surface area contributed by atoms with E-state index >= 15 is 0 Å². The SMILES string of the molecule is COc1ccc(C(C)(N)c2cc(F)c(Cl)cc2Cl)c(C)c1. The van der Waals surface area contributed by atoms with E-state index in [0.29, 0.717) is 10.6 Å². The molecule has 1 atom stereocenters. The smallest absolute Gasteiger partial charge is 0.142 e. The first-order valence-corrected chi connectivity index (χ1v) is 7.12. The fourth-order valence-electron chi connectivity index (χ4n) is 2.41. The van der Waals surface area contributed by atoms with Gasteiger partial charge in [-0.1, -0.05) is 29.3 Å². The lowest BCUT2D eigenvalue weighted by Crippen LogP contribution is -2.35. The molecule has 21 heavy (non-hydrogen) atoms. The molecule has 0 saturated carbocycles. The third kappa shape index (κ3) is 3.00. The van der Waals surface area contributed by atoms with Crippen LogP contribution in [0.25, 0.3) is 0 Å². The van der Waals surface area contributed by atoms with Gasteiger partial charge in [-0.15, -0.1) is 0 Å². The van der Waals surface area contributed by atoms with Gasteiger partial charge in [0.25, 0.3) is 0 Å². The summed E-state index contributed by atoms with van der Waals surface area (Å²) in [6.45, 7) is 3.71. The van der Waals surface area contributed by atoms with Crippen LogP contribution in [0.2, 0.25) is 10.0 Å². The molecule has 0 fully saturated rings. The van der Waals surface area contributed by atoms with Crippen LogP contribution in [0.4, 0.5) is 4.39 Å². The van der Waals surface area contributed by atoms with Crippen molar-refractivity contribution in [3.8, 4) is 5.75 Å². The first-order chi connectivity index (χ1) is 9.77. The van der Waals surface area contributed by atoms with Gasteiger partial charge in [-0.3, -0.25) is 0 Å². The van der Waals surface area contributed by atoms with Crippen molar-refractivity contribution in [1.82, 2.24) is 0 Å². The molecule has 0 amide bonds. The van der Waals surface area contributed by atoms with Crippen molar-refractivity contribution < 1.29 is 9.13 Å². The average molecular weight is 328 g/mol. The number of aryl methyl sites for hydroxylation is 1. The van der Waals surface area contributed by atoms with E-state index in [1.165, 1.54) is 12.1 Å². The van der Waals surface area contributed by atoms with Crippen LogP contribution in [0.1, 0.15) is 23.6 Å². The third-order valence-electron chi connectivity index (χ3n) is 3.56. The van der Waals surface area contributed by atoms with Crippen molar-refractivity contribution in [2.24, 2.45) is 5.73 Å². The van der Waals surface area contributed by atoms with Crippen molar-refractivity contribution in [3.63, 3.8) is 0 Å². The summed E-state index contributed by atoms with van der Waals surface area (Å²) in [6.07, 6.45) is 0. The quantitative estimate of drug-likeness (QED) is 0.831. The van der Waals surface area contributed by atoms with Crippen molar-refractivity contribution in [1.29, 1.82) is 0 Å². The first kappa shape index (κ1) is 16.1. The van der Waals surface area contributed by atoms with E-state index in [-0.39, 0.29) is 5.02 Å². The zero-order valence-corrected chi connectivity index (χ0v) is 13.5. The maximum absolute atomic E-state index is 13.8. The lowest BCUT2D eigenvalue weighted by Gasteiger charge is -2.29. The molecule has 2 aromatic rings. The maximum Gasteiger partial charge on any atom is 0.142 e. The lowest BCUT2D eigenvalue weighted by molar-refractivity contribution is 0.414. The number of nitrogens with two attached hydrogens (primary N) is 1. The highest BCUT2D eigenvalue weighted by molar-refractivity contribution is 6.35. The van der Waals surface area contributed by atoms with Gasteiger partial charge in [0, 0.05) is 5.02 Å². The third-order valence-corrected chi connectivity index (χ3v) is 4.16. The molecule has 2 nitrogen and oxygen atoms in total. The molecular formula is C16H16Cl2FNO. The molecule has 0 bridgehead atoms. The standard InChI is InChI=1S/C16H16Cl2FNO/c1-9-6-10(21-3)4-5-11(9)16(2,20)12-7-15(19)14(18)8-13(12)17/h4-8H,20H2,1-3H3. The Kier molecular flexibility index (Phi) is 4.47. The van der Waals surface area contributed by atoms with Gasteiger partial charge < -0.3 is 10.5 Å². The minimum atomic E-state index is -0.946. The molecule has 112 valence electrons. The molecule has 2 aromatic carbocycles. The van der Waals surface area contributed by atoms with Crippen LogP contribution >= 0.6 is 23.2 Å². The van der Waals surface area contributed by atoms with Crippen LogP contribution in [0.5, 0.6) is 5.75 Å². The van der Waals surface area contributed by atoms with Gasteiger partial charge in [0.05, 0.1) is 17.7 Å². The molecule has 5 heteroatoms. The van der Waals surface area contributed by atoms with Gasteiger partial charge in [-0.25, -0.2) is 4.39 Å². The van der Waals surface area contributed by atoms with E-state index in [2.05, 4.69) is 0 Å². The average Bonchev–Trinajstić information content (AvgIpc) is 2.42. The van der Waals surface area contributed by atoms with E-state index < -0.39 is 11.4 Å². The Morgan fingerprint density at radius 1 is 1.10 bits per heavy atom. The van der Waals surface area contributed by atoms with E-state index in [1.807, 2.05) is 25.1 Å². The fourth-order valence-corrected chi connectivity index (χ4v) is 2.99. The predicted octanol–water partition coefficient (Wildman–Crippen LogP) is 4.67. The summed E-state index contributed by atoms with van der Waals surface area (Å²) >= 11 is 11.9. The highest BCUT2D eigenvalue weighted by Gasteiger charge is 2.29. The molecular weight excluding hydrogens is 312 g/mol. The molecule has 0 aliphatic rings. The second-order valence-electron chi connectivity index (χ2n) is 5.13. The minimum absolute atomic E-state index is 0.0222. The summed E-state index contributed by atoms with van der Waals surface area (Å²) in [5, 5.41) is 0.313. The van der Waals surface area contributed by atoms with Crippen LogP contribution in [-0.4, -0.2) is 7.11 Å². The number of halogens is 3. The monoisotopic (exact) mass is 327 g/mol. The van der Waals surface area contributed by atoms with Gasteiger partial charge in [-0.05, 0) is 54.8 Å². The summed E-state index contributed by atoms with van der Waals surface area (Å²) < 4.78 is 18.9. The highest BCUT2D eigenvalue weighted by Crippen LogP contribution is 2.36. The molecule has 2 N–H and O–H groups in total. The normalized spacial score (nSPS) is 13.9. The van der Waals surface area contributed by atoms with Crippen molar-refractivity contribution in [2.45, 2.75) is 19.4 Å². The largest absolute Gasteiger partial charge is 0.497 e. The Balaban J connectivity index is 2.59. The maximum atomic E-state index is 13.8. The van der Waals surface area contributed by atoms with E-state index in [4.69, 9.17) is 33.7 Å². The van der Waals surface area contributed by atoms with Crippen LogP contribution in [0, 0.1) is 12.7 Å². The van der Waals surface area contributed by atoms with Crippen molar-refractivity contribution in [2.75, 3.05) is 7.11 Å². The Labute approximate surface area is 133 Å². The van der Waals surface area contributed by atoms with Gasteiger partial charge in [-0.2, -0.15) is 0 Å². The molecule has 0 spiro atoms. The molecule has 1 unspecified atom stereocenters. The molecule has 0 radical (unpaired) electrons. The van der Waals surface area contributed by atoms with Gasteiger partial charge in [0.1, 0.15) is 11.6 Å². The lowest BCUT2D eigenvalue weighted by atomic mass is 9.83. The number of benzene rings is 2. The summed E-state index contributed by atoms with van der Waals surface area (Å²) in [6, 6.07) is 8.21. The predicted molar refractivity (Wildman–Crippen MR) is 84.8 cm³/mol. The van der Waals surface area contributed by atoms with Crippen LogP contribution in [0.3, 0.4) is 0 Å². The number of methoxy groups -OCH3 is 1. The Morgan fingerprint density at radius 2 is 1.76 bits per heavy atom. The minimum Gasteiger partial charge on any atom is -0.497 e. The summed E-state index contributed by atoms with van der Waals surface area (Å²) in [5.41, 5.74) is 7.75. The van der Waals surface area contributed by atoms with Crippen LogP contribution in [-0.2, 0) is 5.54 Å². The Bertz CT molecular complexity index is 686. The second kappa shape index (κ2) is 5.84. The topological polar surface area (TPSA) is 35.2 Å². The molecule has 0 aromatic heterocycles. The van der Waals surface area contributed by atoms with Crippen LogP contribution in [0.15, 0.2) is 30.3 Å². The Morgan fingerprint density at radius 3 is 2.33 bits per heavy atom. The molecule has 2 rings (SSSR count). The highest BCUT2D eigenvalue weighted by atomic mass is 35.5. The molecule has 0 aliphatic carbocycles. The van der Waals surface area contributed by atoms with Gasteiger partial charge in [0.15, 0.2) is 0 Å². The van der Waals surface area contributed by atoms with Crippen molar-refractivity contribution >= 4 is 23.2 Å². The number of hydrogen-bond acceptors (Lipinski definition) is 2. The zero-order valence-electron chi connectivity index (χ0n) is 12.0. The Hall–Kier alpha value is -1.29. The summed E-state index contributed by atoms with van der Waals surface area (Å²) in [5.74, 6) is 0.194. The molecule has 0 aliphatic heterocycles. The summed E-state index contributed by atoms with van der Waals surface area (Å²) in [4.78, 5) is 0.